The minimum atomic E-state index is -0.542. The summed E-state index contributed by atoms with van der Waals surface area (Å²) in [4.78, 5) is 21.9. The van der Waals surface area contributed by atoms with Gasteiger partial charge in [0.15, 0.2) is 11.5 Å². The zero-order valence-corrected chi connectivity index (χ0v) is 16.8. The van der Waals surface area contributed by atoms with E-state index in [9.17, 15) is 9.18 Å². The molecule has 0 atom stereocenters. The van der Waals surface area contributed by atoms with Crippen LogP contribution in [0.1, 0.15) is 16.1 Å². The van der Waals surface area contributed by atoms with E-state index in [1.165, 1.54) is 12.1 Å². The van der Waals surface area contributed by atoms with Crippen LogP contribution < -0.4 is 10.6 Å². The van der Waals surface area contributed by atoms with Gasteiger partial charge in [-0.3, -0.25) is 4.79 Å². The van der Waals surface area contributed by atoms with Crippen molar-refractivity contribution in [3.8, 4) is 0 Å². The fraction of sp³-hybridized carbons (Fsp3) is 0.0455. The molecule has 0 saturated carbocycles. The average molecular weight is 451 g/mol. The first-order chi connectivity index (χ1) is 14.1. The molecular formula is C22H16BrFN4O. The van der Waals surface area contributed by atoms with Crippen LogP contribution in [-0.4, -0.2) is 15.9 Å². The molecule has 0 fully saturated rings. The third-order valence-corrected chi connectivity index (χ3v) is 4.76. The molecule has 1 aromatic heterocycles. The second-order valence-corrected chi connectivity index (χ2v) is 7.24. The number of nitrogens with one attached hydrogen (secondary N) is 2. The van der Waals surface area contributed by atoms with Gasteiger partial charge in [-0.2, -0.15) is 0 Å². The lowest BCUT2D eigenvalue weighted by molar-refractivity contribution is 0.102. The van der Waals surface area contributed by atoms with Crippen molar-refractivity contribution in [3.05, 3.63) is 94.3 Å². The Hall–Kier alpha value is -3.32. The molecule has 3 aromatic carbocycles. The highest BCUT2D eigenvalue weighted by molar-refractivity contribution is 9.10. The first kappa shape index (κ1) is 19.0. The Morgan fingerprint density at radius 3 is 2.34 bits per heavy atom. The number of fused-ring (bicyclic) bond motifs is 1. The maximum Gasteiger partial charge on any atom is 0.278 e. The molecule has 7 heteroatoms. The molecule has 0 aliphatic heterocycles. The Bertz CT molecular complexity index is 1180. The summed E-state index contributed by atoms with van der Waals surface area (Å²) >= 11 is 3.20. The number of amides is 1. The predicted molar refractivity (Wildman–Crippen MR) is 115 cm³/mol. The Morgan fingerprint density at radius 2 is 1.62 bits per heavy atom. The molecule has 0 saturated heterocycles. The maximum absolute atomic E-state index is 14.2. The van der Waals surface area contributed by atoms with E-state index in [4.69, 9.17) is 0 Å². The van der Waals surface area contributed by atoms with Gasteiger partial charge in [0, 0.05) is 11.0 Å². The first-order valence-electron chi connectivity index (χ1n) is 8.91. The molecule has 2 N–H and O–H groups in total. The summed E-state index contributed by atoms with van der Waals surface area (Å²) in [6, 6.07) is 21.5. The molecule has 0 unspecified atom stereocenters. The van der Waals surface area contributed by atoms with Gasteiger partial charge in [0.25, 0.3) is 5.91 Å². The molecule has 144 valence electrons. The number of hydrogen-bond donors (Lipinski definition) is 2. The van der Waals surface area contributed by atoms with Gasteiger partial charge in [-0.15, -0.1) is 0 Å². The van der Waals surface area contributed by atoms with E-state index in [1.807, 2.05) is 48.5 Å². The normalized spacial score (nSPS) is 10.7. The average Bonchev–Trinajstić information content (AvgIpc) is 2.74. The molecule has 4 rings (SSSR count). The number of hydrogen-bond acceptors (Lipinski definition) is 4. The van der Waals surface area contributed by atoms with Crippen molar-refractivity contribution in [3.63, 3.8) is 0 Å². The van der Waals surface area contributed by atoms with Crippen LogP contribution >= 0.6 is 15.9 Å². The van der Waals surface area contributed by atoms with Crippen molar-refractivity contribution in [2.24, 2.45) is 0 Å². The van der Waals surface area contributed by atoms with E-state index in [0.717, 1.165) is 5.56 Å². The van der Waals surface area contributed by atoms with Crippen LogP contribution in [0.2, 0.25) is 0 Å². The van der Waals surface area contributed by atoms with Crippen molar-refractivity contribution in [1.29, 1.82) is 0 Å². The molecule has 29 heavy (non-hydrogen) atoms. The molecule has 0 radical (unpaired) electrons. The number of carbonyl (C=O) groups is 1. The van der Waals surface area contributed by atoms with Crippen LogP contribution in [0.15, 0.2) is 77.3 Å². The number of nitrogens with zero attached hydrogens (tertiary/aromatic N) is 2. The van der Waals surface area contributed by atoms with Crippen molar-refractivity contribution in [2.75, 3.05) is 10.6 Å². The summed E-state index contributed by atoms with van der Waals surface area (Å²) < 4.78 is 14.7. The Balaban J connectivity index is 1.67. The second-order valence-electron chi connectivity index (χ2n) is 6.33. The Kier molecular flexibility index (Phi) is 5.48. The topological polar surface area (TPSA) is 66.9 Å². The van der Waals surface area contributed by atoms with Gasteiger partial charge in [0.1, 0.15) is 5.82 Å². The van der Waals surface area contributed by atoms with E-state index in [2.05, 4.69) is 36.5 Å². The lowest BCUT2D eigenvalue weighted by Crippen LogP contribution is -2.18. The molecular weight excluding hydrogens is 435 g/mol. The zero-order valence-electron chi connectivity index (χ0n) is 15.2. The molecule has 4 aromatic rings. The summed E-state index contributed by atoms with van der Waals surface area (Å²) in [6.07, 6.45) is 0. The van der Waals surface area contributed by atoms with Crippen LogP contribution in [0, 0.1) is 5.82 Å². The van der Waals surface area contributed by atoms with E-state index in [0.29, 0.717) is 27.9 Å². The standard InChI is InChI=1S/C22H16BrFN4O/c23-15-10-11-17(16(24)12-15)28-22(29)20-21(25-13-14-6-2-1-3-7-14)27-19-9-5-4-8-18(19)26-20/h1-12H,13H2,(H,25,27)(H,28,29). The third kappa shape index (κ3) is 4.41. The summed E-state index contributed by atoms with van der Waals surface area (Å²) in [5, 5.41) is 5.76. The molecule has 0 aliphatic rings. The van der Waals surface area contributed by atoms with Crippen molar-refractivity contribution in [1.82, 2.24) is 9.97 Å². The zero-order chi connectivity index (χ0) is 20.2. The van der Waals surface area contributed by atoms with E-state index < -0.39 is 11.7 Å². The van der Waals surface area contributed by atoms with E-state index in [1.54, 1.807) is 12.1 Å². The number of aromatic nitrogens is 2. The van der Waals surface area contributed by atoms with Crippen molar-refractivity contribution >= 4 is 44.4 Å². The fourth-order valence-corrected chi connectivity index (χ4v) is 3.17. The monoisotopic (exact) mass is 450 g/mol. The second kappa shape index (κ2) is 8.36. The first-order valence-corrected chi connectivity index (χ1v) is 9.70. The van der Waals surface area contributed by atoms with Crippen LogP contribution in [0.4, 0.5) is 15.9 Å². The van der Waals surface area contributed by atoms with Crippen LogP contribution in [0.5, 0.6) is 0 Å². The molecule has 0 bridgehead atoms. The number of rotatable bonds is 5. The third-order valence-electron chi connectivity index (χ3n) is 4.27. The van der Waals surface area contributed by atoms with E-state index in [-0.39, 0.29) is 11.4 Å². The van der Waals surface area contributed by atoms with Gasteiger partial charge in [0.2, 0.25) is 0 Å². The summed E-state index contributed by atoms with van der Waals surface area (Å²) in [5.74, 6) is -0.747. The molecule has 0 aliphatic carbocycles. The summed E-state index contributed by atoms with van der Waals surface area (Å²) in [5.41, 5.74) is 2.45. The fourth-order valence-electron chi connectivity index (χ4n) is 2.84. The van der Waals surface area contributed by atoms with Crippen LogP contribution in [0.3, 0.4) is 0 Å². The quantitative estimate of drug-likeness (QED) is 0.427. The van der Waals surface area contributed by atoms with Crippen molar-refractivity contribution in [2.45, 2.75) is 6.54 Å². The minimum Gasteiger partial charge on any atom is -0.364 e. The lowest BCUT2D eigenvalue weighted by Gasteiger charge is -2.12. The predicted octanol–water partition coefficient (Wildman–Crippen LogP) is 5.40. The van der Waals surface area contributed by atoms with Gasteiger partial charge >= 0.3 is 0 Å². The van der Waals surface area contributed by atoms with Crippen molar-refractivity contribution < 1.29 is 9.18 Å². The van der Waals surface area contributed by atoms with Crippen LogP contribution in [-0.2, 0) is 6.54 Å². The van der Waals surface area contributed by atoms with Crippen LogP contribution in [0.25, 0.3) is 11.0 Å². The summed E-state index contributed by atoms with van der Waals surface area (Å²) in [7, 11) is 0. The molecule has 1 heterocycles. The number of halogens is 2. The lowest BCUT2D eigenvalue weighted by atomic mass is 10.2. The Morgan fingerprint density at radius 1 is 0.931 bits per heavy atom. The summed E-state index contributed by atoms with van der Waals surface area (Å²) in [6.45, 7) is 0.473. The maximum atomic E-state index is 14.2. The van der Waals surface area contributed by atoms with Gasteiger partial charge < -0.3 is 10.6 Å². The number of para-hydroxylation sites is 2. The van der Waals surface area contributed by atoms with Gasteiger partial charge in [-0.25, -0.2) is 14.4 Å². The molecule has 1 amide bonds. The highest BCUT2D eigenvalue weighted by Gasteiger charge is 2.18. The molecule has 5 nitrogen and oxygen atoms in total. The van der Waals surface area contributed by atoms with E-state index >= 15 is 0 Å². The minimum absolute atomic E-state index is 0.0715. The number of carbonyl (C=O) groups excluding carboxylic acids is 1. The highest BCUT2D eigenvalue weighted by atomic mass is 79.9. The largest absolute Gasteiger partial charge is 0.364 e. The molecule has 0 spiro atoms. The van der Waals surface area contributed by atoms with Gasteiger partial charge in [-0.1, -0.05) is 58.4 Å². The number of benzene rings is 3. The van der Waals surface area contributed by atoms with Gasteiger partial charge in [0.05, 0.1) is 16.7 Å². The SMILES string of the molecule is O=C(Nc1ccc(Br)cc1F)c1nc2ccccc2nc1NCc1ccccc1. The number of anilines is 2. The van der Waals surface area contributed by atoms with Gasteiger partial charge in [-0.05, 0) is 35.9 Å². The Labute approximate surface area is 175 Å². The highest BCUT2D eigenvalue weighted by Crippen LogP contribution is 2.22. The smallest absolute Gasteiger partial charge is 0.278 e.